The molecule has 0 aliphatic heterocycles. The number of anilines is 1. The number of amides is 1. The third-order valence-electron chi connectivity index (χ3n) is 2.48. The van der Waals surface area contributed by atoms with E-state index < -0.39 is 11.7 Å². The van der Waals surface area contributed by atoms with Crippen molar-refractivity contribution in [2.45, 2.75) is 0 Å². The molecular weight excluding hydrogens is 340 g/mol. The molecule has 0 aliphatic rings. The van der Waals surface area contributed by atoms with E-state index in [4.69, 9.17) is 39.5 Å². The van der Waals surface area contributed by atoms with E-state index in [0.29, 0.717) is 0 Å². The first-order valence-corrected chi connectivity index (χ1v) is 6.92. The lowest BCUT2D eigenvalue weighted by Crippen LogP contribution is -2.20. The minimum atomic E-state index is -0.529. The van der Waals surface area contributed by atoms with Crippen molar-refractivity contribution in [3.63, 3.8) is 0 Å². The molecule has 0 aliphatic carbocycles. The van der Waals surface area contributed by atoms with E-state index in [0.717, 1.165) is 0 Å². The van der Waals surface area contributed by atoms with E-state index in [1.807, 2.05) is 0 Å². The first kappa shape index (κ1) is 15.9. The molecule has 0 unspecified atom stereocenters. The Morgan fingerprint density at radius 2 is 1.76 bits per heavy atom. The highest BCUT2D eigenvalue weighted by molar-refractivity contribution is 6.43. The summed E-state index contributed by atoms with van der Waals surface area (Å²) in [5.41, 5.74) is 0.0753. The van der Waals surface area contributed by atoms with Gasteiger partial charge in [-0.25, -0.2) is 4.39 Å². The monoisotopic (exact) mass is 347 g/mol. The maximum Gasteiger partial charge on any atom is 0.262 e. The smallest absolute Gasteiger partial charge is 0.262 e. The van der Waals surface area contributed by atoms with Crippen LogP contribution in [0.15, 0.2) is 36.4 Å². The lowest BCUT2D eigenvalue weighted by molar-refractivity contribution is -0.118. The van der Waals surface area contributed by atoms with Gasteiger partial charge in [0.25, 0.3) is 5.91 Å². The van der Waals surface area contributed by atoms with Crippen LogP contribution in [-0.2, 0) is 4.79 Å². The van der Waals surface area contributed by atoms with Crippen LogP contribution in [0.25, 0.3) is 0 Å². The first-order valence-electron chi connectivity index (χ1n) is 5.79. The van der Waals surface area contributed by atoms with Gasteiger partial charge in [-0.2, -0.15) is 0 Å². The Labute approximate surface area is 135 Å². The molecule has 1 amide bonds. The number of para-hydroxylation sites is 1. The van der Waals surface area contributed by atoms with Gasteiger partial charge in [0.15, 0.2) is 6.61 Å². The zero-order chi connectivity index (χ0) is 15.4. The number of carbonyl (C=O) groups is 1. The Hall–Kier alpha value is -1.49. The van der Waals surface area contributed by atoms with E-state index in [1.54, 1.807) is 6.07 Å². The van der Waals surface area contributed by atoms with Gasteiger partial charge in [-0.05, 0) is 18.2 Å². The third kappa shape index (κ3) is 4.24. The number of carbonyl (C=O) groups excluding carboxylic acids is 1. The van der Waals surface area contributed by atoms with Crippen molar-refractivity contribution in [2.75, 3.05) is 11.9 Å². The molecule has 0 saturated heterocycles. The maximum absolute atomic E-state index is 13.4. The van der Waals surface area contributed by atoms with E-state index in [-0.39, 0.29) is 33.1 Å². The van der Waals surface area contributed by atoms with Gasteiger partial charge < -0.3 is 10.1 Å². The zero-order valence-corrected chi connectivity index (χ0v) is 12.8. The molecule has 0 fully saturated rings. The fraction of sp³-hybridized carbons (Fsp3) is 0.0714. The molecule has 21 heavy (non-hydrogen) atoms. The molecule has 1 N–H and O–H groups in total. The van der Waals surface area contributed by atoms with Gasteiger partial charge in [0.2, 0.25) is 0 Å². The molecule has 2 aromatic rings. The number of nitrogens with one attached hydrogen (secondary N) is 1. The average Bonchev–Trinajstić information content (AvgIpc) is 2.44. The van der Waals surface area contributed by atoms with Gasteiger partial charge in [0.05, 0.1) is 20.8 Å². The van der Waals surface area contributed by atoms with Crippen LogP contribution in [-0.4, -0.2) is 12.5 Å². The van der Waals surface area contributed by atoms with Gasteiger partial charge in [-0.1, -0.05) is 46.9 Å². The summed E-state index contributed by atoms with van der Waals surface area (Å²) >= 11 is 17.5. The summed E-state index contributed by atoms with van der Waals surface area (Å²) in [5, 5.41) is 3.15. The molecule has 2 aromatic carbocycles. The van der Waals surface area contributed by atoms with E-state index in [2.05, 4.69) is 5.32 Å². The molecule has 0 bridgehead atoms. The van der Waals surface area contributed by atoms with Crippen molar-refractivity contribution < 1.29 is 13.9 Å². The predicted octanol–water partition coefficient (Wildman–Crippen LogP) is 4.80. The minimum Gasteiger partial charge on any atom is -0.482 e. The molecule has 0 atom stereocenters. The van der Waals surface area contributed by atoms with Crippen molar-refractivity contribution >= 4 is 46.4 Å². The van der Waals surface area contributed by atoms with Gasteiger partial charge >= 0.3 is 0 Å². The van der Waals surface area contributed by atoms with Crippen LogP contribution in [0.4, 0.5) is 10.1 Å². The second kappa shape index (κ2) is 6.98. The van der Waals surface area contributed by atoms with Gasteiger partial charge in [-0.3, -0.25) is 4.79 Å². The molecule has 110 valence electrons. The van der Waals surface area contributed by atoms with Gasteiger partial charge in [0, 0.05) is 6.07 Å². The van der Waals surface area contributed by atoms with Crippen LogP contribution >= 0.6 is 34.8 Å². The Bertz CT molecular complexity index is 679. The molecule has 0 heterocycles. The molecule has 3 nitrogen and oxygen atoms in total. The second-order valence-corrected chi connectivity index (χ2v) is 5.24. The average molecular weight is 349 g/mol. The van der Waals surface area contributed by atoms with Crippen LogP contribution < -0.4 is 10.1 Å². The summed E-state index contributed by atoms with van der Waals surface area (Å²) in [7, 11) is 0. The van der Waals surface area contributed by atoms with Crippen molar-refractivity contribution in [3.05, 3.63) is 57.3 Å². The van der Waals surface area contributed by atoms with Crippen LogP contribution in [0.5, 0.6) is 5.75 Å². The standard InChI is InChI=1S/C14H9Cl3FNO2/c15-8-5-10(17)13(6-9(8)16)21-7-14(20)19-12-4-2-1-3-11(12)18/h1-6H,7H2,(H,19,20). The molecule has 7 heteroatoms. The first-order chi connectivity index (χ1) is 9.97. The predicted molar refractivity (Wildman–Crippen MR) is 82.0 cm³/mol. The Morgan fingerprint density at radius 1 is 1.10 bits per heavy atom. The quantitative estimate of drug-likeness (QED) is 0.806. The lowest BCUT2D eigenvalue weighted by Gasteiger charge is -2.10. The largest absolute Gasteiger partial charge is 0.482 e. The fourth-order valence-corrected chi connectivity index (χ4v) is 2.10. The summed E-state index contributed by atoms with van der Waals surface area (Å²) in [6.45, 7) is -0.341. The van der Waals surface area contributed by atoms with E-state index in [9.17, 15) is 9.18 Å². The third-order valence-corrected chi connectivity index (χ3v) is 3.50. The lowest BCUT2D eigenvalue weighted by atomic mass is 10.3. The van der Waals surface area contributed by atoms with Crippen LogP contribution in [0.1, 0.15) is 0 Å². The highest BCUT2D eigenvalue weighted by Gasteiger charge is 2.11. The summed E-state index contributed by atoms with van der Waals surface area (Å²) in [6, 6.07) is 8.64. The number of hydrogen-bond donors (Lipinski definition) is 1. The Balaban J connectivity index is 1.99. The normalized spacial score (nSPS) is 10.3. The number of ether oxygens (including phenoxy) is 1. The highest BCUT2D eigenvalue weighted by Crippen LogP contribution is 2.33. The van der Waals surface area contributed by atoms with Gasteiger partial charge in [-0.15, -0.1) is 0 Å². The zero-order valence-electron chi connectivity index (χ0n) is 10.5. The Morgan fingerprint density at radius 3 is 2.48 bits per heavy atom. The second-order valence-electron chi connectivity index (χ2n) is 4.01. The molecule has 0 aromatic heterocycles. The maximum atomic E-state index is 13.4. The molecule has 0 spiro atoms. The van der Waals surface area contributed by atoms with Gasteiger partial charge in [0.1, 0.15) is 11.6 Å². The topological polar surface area (TPSA) is 38.3 Å². The van der Waals surface area contributed by atoms with E-state index in [1.165, 1.54) is 30.3 Å². The minimum absolute atomic E-state index is 0.0753. The van der Waals surface area contributed by atoms with Crippen molar-refractivity contribution in [3.8, 4) is 5.75 Å². The molecule has 0 saturated carbocycles. The SMILES string of the molecule is O=C(COc1cc(Cl)c(Cl)cc1Cl)Nc1ccccc1F. The summed E-state index contributed by atoms with van der Waals surface area (Å²) in [6.07, 6.45) is 0. The number of benzene rings is 2. The van der Waals surface area contributed by atoms with Crippen molar-refractivity contribution in [1.29, 1.82) is 0 Å². The van der Waals surface area contributed by atoms with Crippen LogP contribution in [0.3, 0.4) is 0 Å². The highest BCUT2D eigenvalue weighted by atomic mass is 35.5. The fourth-order valence-electron chi connectivity index (χ4n) is 1.51. The molecule has 0 radical (unpaired) electrons. The van der Waals surface area contributed by atoms with Crippen molar-refractivity contribution in [2.24, 2.45) is 0 Å². The molecule has 2 rings (SSSR count). The number of halogens is 4. The summed E-state index contributed by atoms with van der Waals surface area (Å²) in [4.78, 5) is 11.7. The number of hydrogen-bond acceptors (Lipinski definition) is 2. The van der Waals surface area contributed by atoms with E-state index >= 15 is 0 Å². The summed E-state index contributed by atoms with van der Waals surface area (Å²) in [5.74, 6) is -0.838. The molecular formula is C14H9Cl3FNO2. The Kier molecular flexibility index (Phi) is 5.28. The van der Waals surface area contributed by atoms with Crippen LogP contribution in [0.2, 0.25) is 15.1 Å². The van der Waals surface area contributed by atoms with Crippen molar-refractivity contribution in [1.82, 2.24) is 0 Å². The number of rotatable bonds is 4. The summed E-state index contributed by atoms with van der Waals surface area (Å²) < 4.78 is 18.6. The van der Waals surface area contributed by atoms with Crippen LogP contribution in [0, 0.1) is 5.82 Å².